The van der Waals surface area contributed by atoms with E-state index in [9.17, 15) is 10.1 Å². The van der Waals surface area contributed by atoms with Crippen molar-refractivity contribution < 1.29 is 4.92 Å². The molecule has 0 spiro atoms. The van der Waals surface area contributed by atoms with E-state index in [0.717, 1.165) is 0 Å². The Morgan fingerprint density at radius 1 is 1.29 bits per heavy atom. The number of hydrogen-bond donors (Lipinski definition) is 0. The average Bonchev–Trinajstić information content (AvgIpc) is 2.71. The molecule has 0 atom stereocenters. The van der Waals surface area contributed by atoms with Gasteiger partial charge < -0.3 is 0 Å². The van der Waals surface area contributed by atoms with Crippen LogP contribution >= 0.6 is 0 Å². The smallest absolute Gasteiger partial charge is 0.258 e. The third-order valence-corrected chi connectivity index (χ3v) is 1.74. The first-order chi connectivity index (χ1) is 6.77. The molecule has 0 saturated heterocycles. The minimum absolute atomic E-state index is 0.0137. The second kappa shape index (κ2) is 3.29. The van der Waals surface area contributed by atoms with Crippen LogP contribution in [0.25, 0.3) is 0 Å². The van der Waals surface area contributed by atoms with Crippen LogP contribution in [-0.2, 0) is 0 Å². The molecule has 0 fully saturated rings. The van der Waals surface area contributed by atoms with Gasteiger partial charge in [0, 0.05) is 17.7 Å². The van der Waals surface area contributed by atoms with E-state index >= 15 is 0 Å². The van der Waals surface area contributed by atoms with Crippen LogP contribution in [0.4, 0.5) is 5.69 Å². The molecule has 0 bridgehead atoms. The normalized spacial score (nSPS) is 14.9. The quantitative estimate of drug-likeness (QED) is 0.530. The Morgan fingerprint density at radius 3 is 2.64 bits per heavy atom. The average molecular weight is 191 g/mol. The van der Waals surface area contributed by atoms with Crippen molar-refractivity contribution in [2.45, 2.75) is 6.17 Å². The van der Waals surface area contributed by atoms with Gasteiger partial charge in [-0.25, -0.2) is 0 Å². The largest absolute Gasteiger partial charge is 0.269 e. The highest BCUT2D eigenvalue weighted by Crippen LogP contribution is 2.26. The second-order valence-corrected chi connectivity index (χ2v) is 2.64. The molecule has 0 aliphatic carbocycles. The first-order valence-electron chi connectivity index (χ1n) is 3.82. The molecule has 1 heterocycles. The van der Waals surface area contributed by atoms with Gasteiger partial charge >= 0.3 is 0 Å². The molecule has 14 heavy (non-hydrogen) atoms. The van der Waals surface area contributed by atoms with Crippen LogP contribution in [0.15, 0.2) is 44.9 Å². The molecule has 0 aromatic heterocycles. The summed E-state index contributed by atoms with van der Waals surface area (Å²) in [6.07, 6.45) is -0.533. The summed E-state index contributed by atoms with van der Waals surface area (Å²) in [6.45, 7) is 0. The molecular formula is C7H5N5O2. The number of nitrogens with zero attached hydrogens (tertiary/aromatic N) is 5. The van der Waals surface area contributed by atoms with Gasteiger partial charge in [-0.2, -0.15) is 0 Å². The lowest BCUT2D eigenvalue weighted by Crippen LogP contribution is -1.92. The third-order valence-electron chi connectivity index (χ3n) is 1.74. The monoisotopic (exact) mass is 191 g/mol. The highest BCUT2D eigenvalue weighted by atomic mass is 16.6. The van der Waals surface area contributed by atoms with Crippen LogP contribution in [-0.4, -0.2) is 4.92 Å². The molecule has 7 heteroatoms. The fourth-order valence-corrected chi connectivity index (χ4v) is 1.10. The summed E-state index contributed by atoms with van der Waals surface area (Å²) in [5.41, 5.74) is 0.629. The van der Waals surface area contributed by atoms with E-state index in [1.165, 1.54) is 12.1 Å². The summed E-state index contributed by atoms with van der Waals surface area (Å²) in [7, 11) is 0. The summed E-state index contributed by atoms with van der Waals surface area (Å²) in [5.74, 6) is 0. The van der Waals surface area contributed by atoms with E-state index in [2.05, 4.69) is 20.7 Å². The zero-order chi connectivity index (χ0) is 9.97. The minimum atomic E-state index is -0.533. The van der Waals surface area contributed by atoms with Gasteiger partial charge in [0.25, 0.3) is 5.69 Å². The van der Waals surface area contributed by atoms with Crippen LogP contribution in [0.3, 0.4) is 0 Å². The molecule has 0 radical (unpaired) electrons. The highest BCUT2D eigenvalue weighted by Gasteiger charge is 2.15. The number of nitro benzene ring substituents is 1. The summed E-state index contributed by atoms with van der Waals surface area (Å²) in [4.78, 5) is 10.00. The summed E-state index contributed by atoms with van der Waals surface area (Å²) in [6, 6.07) is 6.10. The molecule has 0 N–H and O–H groups in total. The fraction of sp³-hybridized carbons (Fsp3) is 0.143. The van der Waals surface area contributed by atoms with Crippen molar-refractivity contribution in [3.05, 3.63) is 39.9 Å². The minimum Gasteiger partial charge on any atom is -0.258 e. The molecule has 0 amide bonds. The molecule has 1 aliphatic heterocycles. The second-order valence-electron chi connectivity index (χ2n) is 2.64. The molecule has 7 nitrogen and oxygen atoms in total. The number of hydrogen-bond acceptors (Lipinski definition) is 6. The van der Waals surface area contributed by atoms with E-state index < -0.39 is 11.1 Å². The number of benzene rings is 1. The Kier molecular flexibility index (Phi) is 1.98. The Balaban J connectivity index is 2.35. The summed E-state index contributed by atoms with van der Waals surface area (Å²) < 4.78 is 0. The maximum Gasteiger partial charge on any atom is 0.269 e. The van der Waals surface area contributed by atoms with Gasteiger partial charge in [0.1, 0.15) is 0 Å². The lowest BCUT2D eigenvalue weighted by molar-refractivity contribution is -0.384. The van der Waals surface area contributed by atoms with Crippen LogP contribution in [0.2, 0.25) is 0 Å². The molecule has 2 rings (SSSR count). The Morgan fingerprint density at radius 2 is 2.00 bits per heavy atom. The van der Waals surface area contributed by atoms with Crippen molar-refractivity contribution in [2.75, 3.05) is 0 Å². The third kappa shape index (κ3) is 1.47. The molecule has 1 aromatic carbocycles. The lowest BCUT2D eigenvalue weighted by Gasteiger charge is -1.99. The number of nitro groups is 1. The molecule has 70 valence electrons. The van der Waals surface area contributed by atoms with Gasteiger partial charge in [0.05, 0.1) is 4.92 Å². The maximum absolute atomic E-state index is 10.5. The molecule has 0 saturated carbocycles. The van der Waals surface area contributed by atoms with Gasteiger partial charge in [-0.05, 0) is 10.4 Å². The van der Waals surface area contributed by atoms with Crippen LogP contribution in [0.1, 0.15) is 11.7 Å². The highest BCUT2D eigenvalue weighted by molar-refractivity contribution is 5.35. The summed E-state index contributed by atoms with van der Waals surface area (Å²) in [5, 5.41) is 24.5. The van der Waals surface area contributed by atoms with Crippen molar-refractivity contribution in [3.8, 4) is 0 Å². The SMILES string of the molecule is O=[N+]([O-])c1cccc(C2N=NN=N2)c1. The van der Waals surface area contributed by atoms with Crippen LogP contribution in [0.5, 0.6) is 0 Å². The van der Waals surface area contributed by atoms with E-state index in [-0.39, 0.29) is 5.69 Å². The van der Waals surface area contributed by atoms with Gasteiger partial charge in [0.15, 0.2) is 0 Å². The van der Waals surface area contributed by atoms with Gasteiger partial charge in [-0.3, -0.25) is 10.1 Å². The Bertz CT molecular complexity index is 416. The maximum atomic E-state index is 10.5. The Hall–Kier alpha value is -2.18. The van der Waals surface area contributed by atoms with E-state index in [1.807, 2.05) is 0 Å². The first-order valence-corrected chi connectivity index (χ1v) is 3.82. The fourth-order valence-electron chi connectivity index (χ4n) is 1.10. The van der Waals surface area contributed by atoms with Crippen LogP contribution in [0, 0.1) is 10.1 Å². The van der Waals surface area contributed by atoms with Crippen molar-refractivity contribution in [1.82, 2.24) is 0 Å². The zero-order valence-corrected chi connectivity index (χ0v) is 6.94. The van der Waals surface area contributed by atoms with Crippen molar-refractivity contribution in [1.29, 1.82) is 0 Å². The topological polar surface area (TPSA) is 92.6 Å². The van der Waals surface area contributed by atoms with Gasteiger partial charge in [-0.1, -0.05) is 12.1 Å². The first kappa shape index (κ1) is 8.42. The van der Waals surface area contributed by atoms with Crippen LogP contribution < -0.4 is 0 Å². The standard InChI is InChI=1S/C7H5N5O2/c13-12(14)6-3-1-2-5(4-6)7-8-10-11-9-7/h1-4,7H. The van der Waals surface area contributed by atoms with Crippen molar-refractivity contribution >= 4 is 5.69 Å². The predicted molar refractivity (Wildman–Crippen MR) is 45.5 cm³/mol. The van der Waals surface area contributed by atoms with Gasteiger partial charge in [0.2, 0.25) is 6.17 Å². The van der Waals surface area contributed by atoms with E-state index in [4.69, 9.17) is 0 Å². The number of non-ortho nitro benzene ring substituents is 1. The van der Waals surface area contributed by atoms with Crippen molar-refractivity contribution in [3.63, 3.8) is 0 Å². The summed E-state index contributed by atoms with van der Waals surface area (Å²) >= 11 is 0. The zero-order valence-electron chi connectivity index (χ0n) is 6.94. The number of rotatable bonds is 2. The molecule has 1 aliphatic rings. The molecule has 0 unspecified atom stereocenters. The molecular weight excluding hydrogens is 186 g/mol. The predicted octanol–water partition coefficient (Wildman–Crippen LogP) is 2.43. The molecule has 1 aromatic rings. The Labute approximate surface area is 78.3 Å². The van der Waals surface area contributed by atoms with Crippen molar-refractivity contribution in [2.24, 2.45) is 20.7 Å². The van der Waals surface area contributed by atoms with E-state index in [1.54, 1.807) is 12.1 Å². The lowest BCUT2D eigenvalue weighted by atomic mass is 10.1. The van der Waals surface area contributed by atoms with E-state index in [0.29, 0.717) is 5.56 Å². The van der Waals surface area contributed by atoms with Gasteiger partial charge in [-0.15, -0.1) is 10.2 Å².